The Labute approximate surface area is 181 Å². The lowest BCUT2D eigenvalue weighted by Crippen LogP contribution is -2.46. The first-order valence-electron chi connectivity index (χ1n) is 10.6. The Bertz CT molecular complexity index is 981. The van der Waals surface area contributed by atoms with E-state index in [9.17, 15) is 4.79 Å². The standard InChI is InChI=1S/C22H29N7O2/c1-31-19-9-3-2-8-18(19)28-15-13-27(14-16-28)11-4-5-12-29(21(23)30)22-25-17-7-6-10-24-20(17)26-22/h2-3,6-10H,4-5,11-16H2,1H3,(H2,23,30)(H,24,25,26). The van der Waals surface area contributed by atoms with Gasteiger partial charge < -0.3 is 20.4 Å². The fourth-order valence-corrected chi connectivity index (χ4v) is 3.99. The Balaban J connectivity index is 1.24. The molecule has 0 saturated carbocycles. The van der Waals surface area contributed by atoms with E-state index in [1.54, 1.807) is 13.3 Å². The number of aromatic amines is 1. The molecule has 1 saturated heterocycles. The van der Waals surface area contributed by atoms with Crippen LogP contribution in [0.25, 0.3) is 11.2 Å². The van der Waals surface area contributed by atoms with E-state index in [1.807, 2.05) is 30.3 Å². The average Bonchev–Trinajstić information content (AvgIpc) is 3.23. The number of primary amides is 1. The summed E-state index contributed by atoms with van der Waals surface area (Å²) in [5.74, 6) is 1.37. The number of fused-ring (bicyclic) bond motifs is 1. The second-order valence-electron chi connectivity index (χ2n) is 7.63. The summed E-state index contributed by atoms with van der Waals surface area (Å²) in [6, 6.07) is 11.4. The van der Waals surface area contributed by atoms with Crippen LogP contribution in [-0.4, -0.2) is 72.3 Å². The van der Waals surface area contributed by atoms with Crippen LogP contribution in [-0.2, 0) is 0 Å². The highest BCUT2D eigenvalue weighted by atomic mass is 16.5. The molecule has 9 nitrogen and oxygen atoms in total. The Hall–Kier alpha value is -3.33. The highest BCUT2D eigenvalue weighted by Crippen LogP contribution is 2.28. The lowest BCUT2D eigenvalue weighted by atomic mass is 10.2. The van der Waals surface area contributed by atoms with E-state index < -0.39 is 6.03 Å². The number of methoxy groups -OCH3 is 1. The number of aromatic nitrogens is 3. The zero-order valence-corrected chi connectivity index (χ0v) is 17.8. The van der Waals surface area contributed by atoms with Crippen molar-refractivity contribution < 1.29 is 9.53 Å². The molecule has 9 heteroatoms. The Morgan fingerprint density at radius 2 is 1.97 bits per heavy atom. The molecule has 1 aliphatic rings. The molecule has 0 atom stereocenters. The van der Waals surface area contributed by atoms with Gasteiger partial charge in [-0.2, -0.15) is 4.98 Å². The number of para-hydroxylation sites is 2. The number of unbranched alkanes of at least 4 members (excludes halogenated alkanes) is 1. The molecule has 3 aromatic rings. The topological polar surface area (TPSA) is 104 Å². The van der Waals surface area contributed by atoms with Gasteiger partial charge in [-0.15, -0.1) is 0 Å². The number of amides is 2. The summed E-state index contributed by atoms with van der Waals surface area (Å²) in [7, 11) is 1.71. The average molecular weight is 424 g/mol. The molecule has 3 heterocycles. The summed E-state index contributed by atoms with van der Waals surface area (Å²) >= 11 is 0. The SMILES string of the molecule is COc1ccccc1N1CCN(CCCCN(C(N)=O)c2nc3ncccc3[nH]2)CC1. The largest absolute Gasteiger partial charge is 0.495 e. The Morgan fingerprint density at radius 3 is 2.71 bits per heavy atom. The number of nitrogens with one attached hydrogen (secondary N) is 1. The third kappa shape index (κ3) is 4.88. The maximum Gasteiger partial charge on any atom is 0.321 e. The monoisotopic (exact) mass is 423 g/mol. The number of carbonyl (C=O) groups is 1. The van der Waals surface area contributed by atoms with Gasteiger partial charge in [0.05, 0.1) is 18.3 Å². The van der Waals surface area contributed by atoms with Crippen molar-refractivity contribution in [2.24, 2.45) is 5.73 Å². The fraction of sp³-hybridized carbons (Fsp3) is 0.409. The van der Waals surface area contributed by atoms with Crippen LogP contribution in [0.5, 0.6) is 5.75 Å². The first kappa shape index (κ1) is 20.9. The van der Waals surface area contributed by atoms with Crippen molar-refractivity contribution in [2.75, 3.05) is 56.2 Å². The number of benzene rings is 1. The summed E-state index contributed by atoms with van der Waals surface area (Å²) < 4.78 is 5.49. The van der Waals surface area contributed by atoms with Crippen molar-refractivity contribution in [3.8, 4) is 5.75 Å². The molecule has 1 fully saturated rings. The third-order valence-corrected chi connectivity index (χ3v) is 5.67. The number of hydrogen-bond donors (Lipinski definition) is 2. The number of piperazine rings is 1. The van der Waals surface area contributed by atoms with Crippen LogP contribution >= 0.6 is 0 Å². The molecular weight excluding hydrogens is 394 g/mol. The van der Waals surface area contributed by atoms with Crippen LogP contribution in [0.3, 0.4) is 0 Å². The van der Waals surface area contributed by atoms with Crippen molar-refractivity contribution in [2.45, 2.75) is 12.8 Å². The molecule has 1 aliphatic heterocycles. The molecule has 0 aliphatic carbocycles. The van der Waals surface area contributed by atoms with E-state index in [0.717, 1.165) is 62.5 Å². The van der Waals surface area contributed by atoms with Crippen LogP contribution in [0, 0.1) is 0 Å². The zero-order chi connectivity index (χ0) is 21.6. The zero-order valence-electron chi connectivity index (χ0n) is 17.8. The van der Waals surface area contributed by atoms with Crippen LogP contribution in [0.4, 0.5) is 16.4 Å². The normalized spacial score (nSPS) is 14.7. The number of ether oxygens (including phenoxy) is 1. The molecule has 164 valence electrons. The molecule has 1 aromatic carbocycles. The number of rotatable bonds is 8. The summed E-state index contributed by atoms with van der Waals surface area (Å²) in [6.07, 6.45) is 3.51. The Morgan fingerprint density at radius 1 is 1.16 bits per heavy atom. The van der Waals surface area contributed by atoms with E-state index in [1.165, 1.54) is 4.90 Å². The van der Waals surface area contributed by atoms with E-state index >= 15 is 0 Å². The maximum absolute atomic E-state index is 11.9. The lowest BCUT2D eigenvalue weighted by molar-refractivity contribution is 0.248. The predicted octanol–water partition coefficient (Wildman–Crippen LogP) is 2.45. The van der Waals surface area contributed by atoms with E-state index in [4.69, 9.17) is 10.5 Å². The first-order chi connectivity index (χ1) is 15.2. The van der Waals surface area contributed by atoms with Crippen molar-refractivity contribution >= 4 is 28.8 Å². The number of nitrogens with zero attached hydrogens (tertiary/aromatic N) is 5. The van der Waals surface area contributed by atoms with Gasteiger partial charge in [0.15, 0.2) is 5.65 Å². The molecule has 2 amide bonds. The first-order valence-corrected chi connectivity index (χ1v) is 10.6. The van der Waals surface area contributed by atoms with Crippen molar-refractivity contribution in [1.82, 2.24) is 19.9 Å². The van der Waals surface area contributed by atoms with Crippen molar-refractivity contribution in [3.05, 3.63) is 42.6 Å². The molecule has 3 N–H and O–H groups in total. The summed E-state index contributed by atoms with van der Waals surface area (Å²) in [5, 5.41) is 0. The summed E-state index contributed by atoms with van der Waals surface area (Å²) in [5.41, 5.74) is 8.11. The van der Waals surface area contributed by atoms with Gasteiger partial charge in [-0.1, -0.05) is 12.1 Å². The third-order valence-electron chi connectivity index (χ3n) is 5.67. The number of anilines is 2. The molecule has 0 spiro atoms. The molecule has 0 bridgehead atoms. The summed E-state index contributed by atoms with van der Waals surface area (Å²) in [6.45, 7) is 5.48. The van der Waals surface area contributed by atoms with Gasteiger partial charge in [0.1, 0.15) is 5.75 Å². The van der Waals surface area contributed by atoms with Crippen LogP contribution < -0.4 is 20.3 Å². The van der Waals surface area contributed by atoms with E-state index in [2.05, 4.69) is 30.8 Å². The minimum Gasteiger partial charge on any atom is -0.495 e. The van der Waals surface area contributed by atoms with Gasteiger partial charge in [0, 0.05) is 38.9 Å². The van der Waals surface area contributed by atoms with Crippen LogP contribution in [0.2, 0.25) is 0 Å². The molecule has 2 aromatic heterocycles. The van der Waals surface area contributed by atoms with Gasteiger partial charge in [-0.3, -0.25) is 9.80 Å². The van der Waals surface area contributed by atoms with Gasteiger partial charge in [0.2, 0.25) is 5.95 Å². The van der Waals surface area contributed by atoms with Gasteiger partial charge in [-0.05, 0) is 43.7 Å². The number of nitrogens with two attached hydrogens (primary N) is 1. The second kappa shape index (κ2) is 9.65. The van der Waals surface area contributed by atoms with Crippen molar-refractivity contribution in [1.29, 1.82) is 0 Å². The Kier molecular flexibility index (Phi) is 6.51. The number of pyridine rings is 1. The number of carbonyl (C=O) groups excluding carboxylic acids is 1. The van der Waals surface area contributed by atoms with Gasteiger partial charge in [0.25, 0.3) is 0 Å². The highest BCUT2D eigenvalue weighted by Gasteiger charge is 2.20. The second-order valence-corrected chi connectivity index (χ2v) is 7.63. The van der Waals surface area contributed by atoms with Gasteiger partial charge >= 0.3 is 6.03 Å². The molecule has 4 rings (SSSR count). The molecule has 31 heavy (non-hydrogen) atoms. The number of urea groups is 1. The minimum atomic E-state index is -0.510. The molecular formula is C22H29N7O2. The number of H-pyrrole nitrogens is 1. The lowest BCUT2D eigenvalue weighted by Gasteiger charge is -2.36. The minimum absolute atomic E-state index is 0.451. The number of hydrogen-bond acceptors (Lipinski definition) is 6. The summed E-state index contributed by atoms with van der Waals surface area (Å²) in [4.78, 5) is 30.0. The maximum atomic E-state index is 11.9. The predicted molar refractivity (Wildman–Crippen MR) is 122 cm³/mol. The van der Waals surface area contributed by atoms with E-state index in [0.29, 0.717) is 18.1 Å². The quantitative estimate of drug-likeness (QED) is 0.540. The van der Waals surface area contributed by atoms with Gasteiger partial charge in [-0.25, -0.2) is 9.78 Å². The van der Waals surface area contributed by atoms with Crippen LogP contribution in [0.15, 0.2) is 42.6 Å². The smallest absolute Gasteiger partial charge is 0.321 e. The van der Waals surface area contributed by atoms with E-state index in [-0.39, 0.29) is 0 Å². The molecule has 0 unspecified atom stereocenters. The number of imidazole rings is 1. The highest BCUT2D eigenvalue weighted by molar-refractivity contribution is 5.90. The van der Waals surface area contributed by atoms with Crippen molar-refractivity contribution in [3.63, 3.8) is 0 Å². The van der Waals surface area contributed by atoms with Crippen LogP contribution in [0.1, 0.15) is 12.8 Å². The fourth-order valence-electron chi connectivity index (χ4n) is 3.99. The molecule has 0 radical (unpaired) electrons.